The summed E-state index contributed by atoms with van der Waals surface area (Å²) in [6.45, 7) is 5.61. The molecule has 4 aromatic rings. The predicted molar refractivity (Wildman–Crippen MR) is 130 cm³/mol. The molecule has 0 bridgehead atoms. The van der Waals surface area contributed by atoms with Crippen molar-refractivity contribution in [1.29, 1.82) is 0 Å². The maximum Gasteiger partial charge on any atom is 0.335 e. The lowest BCUT2D eigenvalue weighted by Gasteiger charge is -2.19. The van der Waals surface area contributed by atoms with E-state index in [1.54, 1.807) is 17.4 Å². The fraction of sp³-hybridized carbons (Fsp3) is 0.0769. The molecule has 154 valence electrons. The fourth-order valence-corrected chi connectivity index (χ4v) is 4.53. The topological polar surface area (TPSA) is 39.2 Å². The highest BCUT2D eigenvalue weighted by Gasteiger charge is 2.19. The average molecular weight is 446 g/mol. The molecule has 0 spiro atoms. The second-order valence-corrected chi connectivity index (χ2v) is 8.14. The van der Waals surface area contributed by atoms with Crippen LogP contribution in [0.5, 0.6) is 5.75 Å². The third-order valence-corrected chi connectivity index (χ3v) is 6.15. The molecule has 0 saturated carbocycles. The molecule has 0 radical (unpaired) electrons. The van der Waals surface area contributed by atoms with Gasteiger partial charge in [0.1, 0.15) is 5.75 Å². The minimum Gasteiger partial charge on any atom is -0.423 e. The molecule has 0 aliphatic carbocycles. The average Bonchev–Trinajstić information content (AvgIpc) is 3.26. The molecule has 0 unspecified atom stereocenters. The number of aromatic nitrogens is 1. The number of esters is 1. The molecular weight excluding hydrogens is 426 g/mol. The van der Waals surface area contributed by atoms with Crippen molar-refractivity contribution in [2.75, 3.05) is 0 Å². The smallest absolute Gasteiger partial charge is 0.335 e. The minimum atomic E-state index is -0.502. The van der Waals surface area contributed by atoms with Crippen molar-refractivity contribution in [3.8, 4) is 5.75 Å². The Morgan fingerprint density at radius 3 is 2.58 bits per heavy atom. The van der Waals surface area contributed by atoms with Crippen molar-refractivity contribution in [3.63, 3.8) is 0 Å². The molecule has 0 amide bonds. The van der Waals surface area contributed by atoms with E-state index in [1.807, 2.05) is 48.0 Å². The van der Waals surface area contributed by atoms with Crippen LogP contribution in [0.4, 0.5) is 0 Å². The van der Waals surface area contributed by atoms with Crippen molar-refractivity contribution < 1.29 is 9.53 Å². The van der Waals surface area contributed by atoms with Gasteiger partial charge in [-0.15, -0.1) is 11.3 Å². The first-order valence-electron chi connectivity index (χ1n) is 9.87. The molecule has 3 aromatic carbocycles. The molecule has 3 nitrogen and oxygen atoms in total. The largest absolute Gasteiger partial charge is 0.423 e. The number of thiazole rings is 1. The summed E-state index contributed by atoms with van der Waals surface area (Å²) in [5.74, 6) is -0.0312. The second-order valence-electron chi connectivity index (χ2n) is 6.84. The molecule has 0 aliphatic heterocycles. The van der Waals surface area contributed by atoms with Gasteiger partial charge in [0.15, 0.2) is 0 Å². The lowest BCUT2D eigenvalue weighted by atomic mass is 9.87. The van der Waals surface area contributed by atoms with Gasteiger partial charge in [-0.3, -0.25) is 0 Å². The number of halogens is 1. The van der Waals surface area contributed by atoms with E-state index >= 15 is 0 Å². The first kappa shape index (κ1) is 21.0. The molecular formula is C26H20ClNO2S. The number of rotatable bonds is 6. The zero-order valence-corrected chi connectivity index (χ0v) is 18.5. The van der Waals surface area contributed by atoms with Crippen LogP contribution in [0.2, 0.25) is 5.02 Å². The normalized spacial score (nSPS) is 11.8. The molecule has 1 aromatic heterocycles. The van der Waals surface area contributed by atoms with E-state index in [2.05, 4.69) is 36.7 Å². The maximum atomic E-state index is 12.0. The number of para-hydroxylation sites is 1. The SMILES string of the molecule is C=CC(=O)Oc1ccccc1/C(=C(\CC)c1ccccc1Cl)c1ccc2scnc2c1. The van der Waals surface area contributed by atoms with Crippen LogP contribution in [-0.2, 0) is 4.79 Å². The number of allylic oxidation sites excluding steroid dienone is 1. The van der Waals surface area contributed by atoms with Gasteiger partial charge in [0, 0.05) is 16.7 Å². The number of ether oxygens (including phenoxy) is 1. The van der Waals surface area contributed by atoms with E-state index in [1.165, 1.54) is 0 Å². The highest BCUT2D eigenvalue weighted by Crippen LogP contribution is 2.41. The number of carbonyl (C=O) groups excluding carboxylic acids is 1. The van der Waals surface area contributed by atoms with Crippen molar-refractivity contribution in [2.24, 2.45) is 0 Å². The molecule has 31 heavy (non-hydrogen) atoms. The lowest BCUT2D eigenvalue weighted by Crippen LogP contribution is -2.06. The summed E-state index contributed by atoms with van der Waals surface area (Å²) in [5, 5.41) is 0.673. The number of hydrogen-bond acceptors (Lipinski definition) is 4. The number of hydrogen-bond donors (Lipinski definition) is 0. The third kappa shape index (κ3) is 4.31. The lowest BCUT2D eigenvalue weighted by molar-refractivity contribution is -0.128. The Kier molecular flexibility index (Phi) is 6.31. The molecule has 5 heteroatoms. The van der Waals surface area contributed by atoms with Crippen LogP contribution in [0.15, 0.2) is 84.9 Å². The summed E-state index contributed by atoms with van der Waals surface area (Å²) in [7, 11) is 0. The van der Waals surface area contributed by atoms with Gasteiger partial charge in [0.25, 0.3) is 0 Å². The summed E-state index contributed by atoms with van der Waals surface area (Å²) in [6.07, 6.45) is 1.90. The minimum absolute atomic E-state index is 0.471. The van der Waals surface area contributed by atoms with Gasteiger partial charge in [-0.1, -0.05) is 67.6 Å². The Hall–Kier alpha value is -3.21. The van der Waals surface area contributed by atoms with Gasteiger partial charge < -0.3 is 4.74 Å². The van der Waals surface area contributed by atoms with E-state index in [0.29, 0.717) is 10.8 Å². The summed E-state index contributed by atoms with van der Waals surface area (Å²) in [6, 6.07) is 21.5. The van der Waals surface area contributed by atoms with Crippen molar-refractivity contribution in [3.05, 3.63) is 107 Å². The van der Waals surface area contributed by atoms with Crippen LogP contribution in [0.3, 0.4) is 0 Å². The summed E-state index contributed by atoms with van der Waals surface area (Å²) < 4.78 is 6.71. The molecule has 4 rings (SSSR count). The Balaban J connectivity index is 2.04. The zero-order chi connectivity index (χ0) is 21.8. The van der Waals surface area contributed by atoms with Gasteiger partial charge in [-0.05, 0) is 53.0 Å². The number of fused-ring (bicyclic) bond motifs is 1. The van der Waals surface area contributed by atoms with Crippen LogP contribution in [-0.4, -0.2) is 11.0 Å². The van der Waals surface area contributed by atoms with Crippen LogP contribution in [0, 0.1) is 0 Å². The van der Waals surface area contributed by atoms with Crippen LogP contribution < -0.4 is 4.74 Å². The van der Waals surface area contributed by atoms with E-state index in [-0.39, 0.29) is 0 Å². The Bertz CT molecular complexity index is 1310. The quantitative estimate of drug-likeness (QED) is 0.134. The second kappa shape index (κ2) is 9.29. The highest BCUT2D eigenvalue weighted by atomic mass is 35.5. The standard InChI is InChI=1S/C26H20ClNO2S/c1-3-18(19-9-5-7-11-21(19)27)26(17-13-14-24-22(15-17)28-16-31-24)20-10-6-8-12-23(20)30-25(29)4-2/h4-16H,2-3H2,1H3/b26-18+. The first-order valence-corrected chi connectivity index (χ1v) is 11.1. The zero-order valence-electron chi connectivity index (χ0n) is 17.0. The van der Waals surface area contributed by atoms with Crippen molar-refractivity contribution in [2.45, 2.75) is 13.3 Å². The van der Waals surface area contributed by atoms with Gasteiger partial charge in [-0.25, -0.2) is 9.78 Å². The van der Waals surface area contributed by atoms with Crippen molar-refractivity contribution in [1.82, 2.24) is 4.98 Å². The monoisotopic (exact) mass is 445 g/mol. The highest BCUT2D eigenvalue weighted by molar-refractivity contribution is 7.16. The van der Waals surface area contributed by atoms with E-state index in [4.69, 9.17) is 16.3 Å². The first-order chi connectivity index (χ1) is 15.1. The molecule has 0 aliphatic rings. The van der Waals surface area contributed by atoms with E-state index in [9.17, 15) is 4.79 Å². The van der Waals surface area contributed by atoms with Gasteiger partial charge in [0.2, 0.25) is 0 Å². The third-order valence-electron chi connectivity index (χ3n) is 5.01. The Morgan fingerprint density at radius 1 is 1.10 bits per heavy atom. The Morgan fingerprint density at radius 2 is 1.84 bits per heavy atom. The number of carbonyl (C=O) groups is 1. The molecule has 0 fully saturated rings. The van der Waals surface area contributed by atoms with Gasteiger partial charge in [-0.2, -0.15) is 0 Å². The maximum absolute atomic E-state index is 12.0. The van der Waals surface area contributed by atoms with Gasteiger partial charge >= 0.3 is 5.97 Å². The number of benzene rings is 3. The molecule has 0 N–H and O–H groups in total. The van der Waals surface area contributed by atoms with E-state index in [0.717, 1.165) is 50.6 Å². The molecule has 0 atom stereocenters. The summed E-state index contributed by atoms with van der Waals surface area (Å²) in [4.78, 5) is 16.5. The summed E-state index contributed by atoms with van der Waals surface area (Å²) >= 11 is 8.20. The number of nitrogens with zero attached hydrogens (tertiary/aromatic N) is 1. The fourth-order valence-electron chi connectivity index (χ4n) is 3.63. The van der Waals surface area contributed by atoms with Crippen LogP contribution in [0.25, 0.3) is 21.4 Å². The van der Waals surface area contributed by atoms with Crippen molar-refractivity contribution >= 4 is 50.3 Å². The molecule has 1 heterocycles. The van der Waals surface area contributed by atoms with Crippen LogP contribution >= 0.6 is 22.9 Å². The van der Waals surface area contributed by atoms with Gasteiger partial charge in [0.05, 0.1) is 15.7 Å². The van der Waals surface area contributed by atoms with E-state index < -0.39 is 5.97 Å². The predicted octanol–water partition coefficient (Wildman–Crippen LogP) is 7.41. The van der Waals surface area contributed by atoms with Crippen LogP contribution in [0.1, 0.15) is 30.0 Å². The molecule has 0 saturated heterocycles. The summed E-state index contributed by atoms with van der Waals surface area (Å²) in [5.41, 5.74) is 7.52. The Labute approximate surface area is 190 Å².